The lowest BCUT2D eigenvalue weighted by Gasteiger charge is -2.14. The lowest BCUT2D eigenvalue weighted by molar-refractivity contribution is -0.115. The first-order valence-electron chi connectivity index (χ1n) is 13.0. The standard InChI is InChI=1S/C32H30N4O4S/c1-3-40-28-14-8-7-13-24(28)21-27(35-31(38)23-11-5-4-6-12-23)32(39)34-25-16-18-26(19-17-25)41-22(2)30(37)36-29-15-9-10-20-33-29/h4-22H,3H2,1-2H3,(H,34,39)(H,35,38)(H,33,36,37)/b27-21-. The summed E-state index contributed by atoms with van der Waals surface area (Å²) in [6.45, 7) is 4.14. The van der Waals surface area contributed by atoms with Crippen LogP contribution in [0.3, 0.4) is 0 Å². The molecule has 0 radical (unpaired) electrons. The van der Waals surface area contributed by atoms with Gasteiger partial charge in [-0.25, -0.2) is 4.98 Å². The van der Waals surface area contributed by atoms with Crippen LogP contribution in [-0.2, 0) is 9.59 Å². The van der Waals surface area contributed by atoms with Gasteiger partial charge in [0, 0.05) is 27.9 Å². The van der Waals surface area contributed by atoms with Gasteiger partial charge in [0.25, 0.3) is 11.8 Å². The van der Waals surface area contributed by atoms with Gasteiger partial charge in [-0.15, -0.1) is 11.8 Å². The van der Waals surface area contributed by atoms with Crippen molar-refractivity contribution in [3.05, 3.63) is 120 Å². The van der Waals surface area contributed by atoms with E-state index in [2.05, 4.69) is 20.9 Å². The second-order valence-corrected chi connectivity index (χ2v) is 10.2. The molecule has 0 aliphatic carbocycles. The molecule has 4 aromatic rings. The van der Waals surface area contributed by atoms with Gasteiger partial charge in [0.05, 0.1) is 11.9 Å². The third-order valence-electron chi connectivity index (χ3n) is 5.76. The fraction of sp³-hybridized carbons (Fsp3) is 0.125. The van der Waals surface area contributed by atoms with Crippen LogP contribution in [0.2, 0.25) is 0 Å². The Hall–Kier alpha value is -4.89. The molecule has 0 aliphatic heterocycles. The number of pyridine rings is 1. The SMILES string of the molecule is CCOc1ccccc1/C=C(\NC(=O)c1ccccc1)C(=O)Nc1ccc(SC(C)C(=O)Nc2ccccn2)cc1. The predicted octanol–water partition coefficient (Wildman–Crippen LogP) is 6.01. The summed E-state index contributed by atoms with van der Waals surface area (Å²) in [5.74, 6) is 0.0176. The smallest absolute Gasteiger partial charge is 0.272 e. The van der Waals surface area contributed by atoms with Crippen LogP contribution in [0.5, 0.6) is 5.75 Å². The van der Waals surface area contributed by atoms with Crippen molar-refractivity contribution in [2.45, 2.75) is 24.0 Å². The number of ether oxygens (including phenoxy) is 1. The van der Waals surface area contributed by atoms with Crippen LogP contribution in [0.1, 0.15) is 29.8 Å². The molecule has 3 N–H and O–H groups in total. The van der Waals surface area contributed by atoms with Crippen LogP contribution in [0, 0.1) is 0 Å². The second-order valence-electron chi connectivity index (χ2n) is 8.79. The van der Waals surface area contributed by atoms with Crippen molar-refractivity contribution in [2.75, 3.05) is 17.2 Å². The minimum atomic E-state index is -0.496. The molecule has 1 heterocycles. The monoisotopic (exact) mass is 566 g/mol. The predicted molar refractivity (Wildman–Crippen MR) is 163 cm³/mol. The van der Waals surface area contributed by atoms with Crippen molar-refractivity contribution >= 4 is 47.1 Å². The number of amides is 3. The van der Waals surface area contributed by atoms with Crippen molar-refractivity contribution < 1.29 is 19.1 Å². The third-order valence-corrected chi connectivity index (χ3v) is 6.87. The Morgan fingerprint density at radius 3 is 2.29 bits per heavy atom. The number of carbonyl (C=O) groups excluding carboxylic acids is 3. The molecule has 9 heteroatoms. The number of nitrogens with one attached hydrogen (secondary N) is 3. The van der Waals surface area contributed by atoms with E-state index < -0.39 is 11.8 Å². The number of hydrogen-bond acceptors (Lipinski definition) is 6. The van der Waals surface area contributed by atoms with E-state index in [9.17, 15) is 14.4 Å². The number of nitrogens with zero attached hydrogens (tertiary/aromatic N) is 1. The Balaban J connectivity index is 1.47. The Kier molecular flexibility index (Phi) is 10.3. The third kappa shape index (κ3) is 8.55. The molecule has 8 nitrogen and oxygen atoms in total. The van der Waals surface area contributed by atoms with Gasteiger partial charge < -0.3 is 20.7 Å². The molecule has 0 saturated heterocycles. The summed E-state index contributed by atoms with van der Waals surface area (Å²) in [7, 11) is 0. The Morgan fingerprint density at radius 1 is 0.878 bits per heavy atom. The quantitative estimate of drug-likeness (QED) is 0.152. The van der Waals surface area contributed by atoms with Gasteiger partial charge in [0.15, 0.2) is 0 Å². The Morgan fingerprint density at radius 2 is 1.59 bits per heavy atom. The zero-order valence-electron chi connectivity index (χ0n) is 22.7. The van der Waals surface area contributed by atoms with Gasteiger partial charge in [0.2, 0.25) is 5.91 Å². The second kappa shape index (κ2) is 14.5. The molecule has 1 atom stereocenters. The number of para-hydroxylation sites is 1. The van der Waals surface area contributed by atoms with Crippen LogP contribution in [-0.4, -0.2) is 34.6 Å². The van der Waals surface area contributed by atoms with E-state index in [1.165, 1.54) is 11.8 Å². The molecule has 41 heavy (non-hydrogen) atoms. The number of benzene rings is 3. The normalized spacial score (nSPS) is 11.7. The van der Waals surface area contributed by atoms with E-state index in [1.54, 1.807) is 72.9 Å². The number of aromatic nitrogens is 1. The highest BCUT2D eigenvalue weighted by atomic mass is 32.2. The summed E-state index contributed by atoms with van der Waals surface area (Å²) in [5, 5.41) is 8.01. The Bertz CT molecular complexity index is 1510. The number of hydrogen-bond donors (Lipinski definition) is 3. The number of carbonyl (C=O) groups is 3. The van der Waals surface area contributed by atoms with Crippen molar-refractivity contribution in [3.63, 3.8) is 0 Å². The van der Waals surface area contributed by atoms with Crippen LogP contribution in [0.4, 0.5) is 11.5 Å². The summed E-state index contributed by atoms with van der Waals surface area (Å²) in [6, 6.07) is 28.4. The zero-order valence-corrected chi connectivity index (χ0v) is 23.5. The van der Waals surface area contributed by atoms with E-state index >= 15 is 0 Å². The van der Waals surface area contributed by atoms with Crippen molar-refractivity contribution in [3.8, 4) is 5.75 Å². The number of thioether (sulfide) groups is 1. The van der Waals surface area contributed by atoms with Crippen LogP contribution < -0.4 is 20.7 Å². The van der Waals surface area contributed by atoms with E-state index in [4.69, 9.17) is 4.74 Å². The zero-order chi connectivity index (χ0) is 29.0. The van der Waals surface area contributed by atoms with Gasteiger partial charge in [-0.2, -0.15) is 0 Å². The van der Waals surface area contributed by atoms with Crippen molar-refractivity contribution in [1.29, 1.82) is 0 Å². The van der Waals surface area contributed by atoms with E-state index in [-0.39, 0.29) is 16.9 Å². The summed E-state index contributed by atoms with van der Waals surface area (Å²) in [5.41, 5.74) is 1.66. The topological polar surface area (TPSA) is 109 Å². The van der Waals surface area contributed by atoms with Gasteiger partial charge in [-0.3, -0.25) is 14.4 Å². The van der Waals surface area contributed by atoms with Crippen LogP contribution >= 0.6 is 11.8 Å². The summed E-state index contributed by atoms with van der Waals surface area (Å²) in [6.07, 6.45) is 3.21. The molecule has 0 saturated carbocycles. The van der Waals surface area contributed by atoms with Crippen molar-refractivity contribution in [2.24, 2.45) is 0 Å². The lowest BCUT2D eigenvalue weighted by atomic mass is 10.1. The highest BCUT2D eigenvalue weighted by molar-refractivity contribution is 8.00. The lowest BCUT2D eigenvalue weighted by Crippen LogP contribution is -2.30. The first-order valence-corrected chi connectivity index (χ1v) is 13.9. The maximum atomic E-state index is 13.4. The molecule has 3 amide bonds. The Labute approximate surface area is 243 Å². The molecule has 1 aromatic heterocycles. The van der Waals surface area contributed by atoms with Gasteiger partial charge in [0.1, 0.15) is 17.3 Å². The largest absolute Gasteiger partial charge is 0.493 e. The van der Waals surface area contributed by atoms with E-state index in [1.807, 2.05) is 50.2 Å². The summed E-state index contributed by atoms with van der Waals surface area (Å²) >= 11 is 1.38. The molecular formula is C32H30N4O4S. The molecule has 0 aliphatic rings. The molecular weight excluding hydrogens is 536 g/mol. The van der Waals surface area contributed by atoms with Crippen LogP contribution in [0.25, 0.3) is 6.08 Å². The molecule has 0 bridgehead atoms. The molecule has 0 fully saturated rings. The summed E-state index contributed by atoms with van der Waals surface area (Å²) in [4.78, 5) is 43.8. The first-order chi connectivity index (χ1) is 19.9. The fourth-order valence-corrected chi connectivity index (χ4v) is 4.59. The number of rotatable bonds is 11. The minimum absolute atomic E-state index is 0.0595. The van der Waals surface area contributed by atoms with Crippen LogP contribution in [0.15, 0.2) is 114 Å². The fourth-order valence-electron chi connectivity index (χ4n) is 3.72. The highest BCUT2D eigenvalue weighted by Gasteiger charge is 2.17. The molecule has 4 rings (SSSR count). The molecule has 1 unspecified atom stereocenters. The molecule has 0 spiro atoms. The average Bonchev–Trinajstić information content (AvgIpc) is 2.99. The van der Waals surface area contributed by atoms with E-state index in [0.717, 1.165) is 4.90 Å². The maximum Gasteiger partial charge on any atom is 0.272 e. The average molecular weight is 567 g/mol. The highest BCUT2D eigenvalue weighted by Crippen LogP contribution is 2.26. The van der Waals surface area contributed by atoms with Gasteiger partial charge >= 0.3 is 0 Å². The maximum absolute atomic E-state index is 13.4. The number of anilines is 2. The van der Waals surface area contributed by atoms with Gasteiger partial charge in [-0.1, -0.05) is 42.5 Å². The van der Waals surface area contributed by atoms with E-state index in [0.29, 0.717) is 35.0 Å². The molecule has 3 aromatic carbocycles. The molecule has 208 valence electrons. The van der Waals surface area contributed by atoms with Crippen molar-refractivity contribution in [1.82, 2.24) is 10.3 Å². The first kappa shape index (κ1) is 29.1. The summed E-state index contributed by atoms with van der Waals surface area (Å²) < 4.78 is 5.70. The minimum Gasteiger partial charge on any atom is -0.493 e. The van der Waals surface area contributed by atoms with Gasteiger partial charge in [-0.05, 0) is 74.5 Å².